The molecule has 0 bridgehead atoms. The minimum Gasteiger partial charge on any atom is -0.370 e. The van der Waals surface area contributed by atoms with Crippen LogP contribution in [0, 0.1) is 11.7 Å². The number of carbonyl (C=O) groups excluding carboxylic acids is 2. The molecule has 0 spiro atoms. The standard InChI is InChI=1S/C22H26FN5O2/c23-19-13-25-22(26-17-4-2-16-12-18(29)5-3-15(16)11-17)27-21(19)28-9-7-14(8-10-28)1-6-20(24)30/h2,4,11,13-14H,1,3,5-10,12H2,(H2,24,30)(H,25,26,27). The molecule has 1 aromatic heterocycles. The predicted octanol–water partition coefficient (Wildman–Crippen LogP) is 2.90. The number of aryl methyl sites for hydroxylation is 1. The van der Waals surface area contributed by atoms with Gasteiger partial charge in [0.2, 0.25) is 11.9 Å². The summed E-state index contributed by atoms with van der Waals surface area (Å²) in [7, 11) is 0. The fourth-order valence-corrected chi connectivity index (χ4v) is 4.23. The number of aromatic nitrogens is 2. The lowest BCUT2D eigenvalue weighted by Gasteiger charge is -2.32. The van der Waals surface area contributed by atoms with Gasteiger partial charge in [-0.1, -0.05) is 6.07 Å². The summed E-state index contributed by atoms with van der Waals surface area (Å²) in [6, 6.07) is 5.86. The SMILES string of the molecule is NC(=O)CCC1CCN(c2nc(Nc3ccc4c(c3)CCC(=O)C4)ncc2F)CC1. The van der Waals surface area contributed by atoms with E-state index in [9.17, 15) is 14.0 Å². The summed E-state index contributed by atoms with van der Waals surface area (Å²) in [4.78, 5) is 33.0. The highest BCUT2D eigenvalue weighted by Gasteiger charge is 2.23. The molecule has 1 fully saturated rings. The fraction of sp³-hybridized carbons (Fsp3) is 0.455. The molecule has 4 rings (SSSR count). The quantitative estimate of drug-likeness (QED) is 0.758. The summed E-state index contributed by atoms with van der Waals surface area (Å²) >= 11 is 0. The smallest absolute Gasteiger partial charge is 0.229 e. The molecule has 2 aromatic rings. The number of ketones is 1. The molecule has 1 amide bonds. The number of primary amides is 1. The highest BCUT2D eigenvalue weighted by Crippen LogP contribution is 2.28. The predicted molar refractivity (Wildman–Crippen MR) is 112 cm³/mol. The van der Waals surface area contributed by atoms with E-state index in [1.165, 1.54) is 6.20 Å². The molecule has 7 nitrogen and oxygen atoms in total. The van der Waals surface area contributed by atoms with Gasteiger partial charge in [0.05, 0.1) is 6.20 Å². The van der Waals surface area contributed by atoms with E-state index in [2.05, 4.69) is 15.3 Å². The Hall–Kier alpha value is -3.03. The van der Waals surface area contributed by atoms with Gasteiger partial charge in [0.1, 0.15) is 5.78 Å². The van der Waals surface area contributed by atoms with Crippen LogP contribution in [0.5, 0.6) is 0 Å². The third-order valence-electron chi connectivity index (χ3n) is 5.96. The van der Waals surface area contributed by atoms with Crippen molar-refractivity contribution in [2.24, 2.45) is 11.7 Å². The zero-order valence-corrected chi connectivity index (χ0v) is 16.9. The Morgan fingerprint density at radius 3 is 2.80 bits per heavy atom. The van der Waals surface area contributed by atoms with Gasteiger partial charge in [-0.15, -0.1) is 0 Å². The summed E-state index contributed by atoms with van der Waals surface area (Å²) in [5, 5.41) is 3.16. The average molecular weight is 411 g/mol. The van der Waals surface area contributed by atoms with Crippen LogP contribution in [0.15, 0.2) is 24.4 Å². The maximum Gasteiger partial charge on any atom is 0.229 e. The second-order valence-corrected chi connectivity index (χ2v) is 8.12. The molecule has 1 aliphatic carbocycles. The zero-order chi connectivity index (χ0) is 21.1. The molecule has 158 valence electrons. The van der Waals surface area contributed by atoms with Gasteiger partial charge in [0.25, 0.3) is 0 Å². The van der Waals surface area contributed by atoms with Gasteiger partial charge in [0.15, 0.2) is 11.6 Å². The number of piperidine rings is 1. The molecule has 0 unspecified atom stereocenters. The number of nitrogens with one attached hydrogen (secondary N) is 1. The minimum absolute atomic E-state index is 0.271. The molecular weight excluding hydrogens is 385 g/mol. The van der Waals surface area contributed by atoms with Crippen molar-refractivity contribution in [3.8, 4) is 0 Å². The number of hydrogen-bond donors (Lipinski definition) is 2. The Morgan fingerprint density at radius 2 is 2.03 bits per heavy atom. The first kappa shape index (κ1) is 20.3. The van der Waals surface area contributed by atoms with Gasteiger partial charge in [-0.05, 0) is 54.9 Å². The Morgan fingerprint density at radius 1 is 1.23 bits per heavy atom. The van der Waals surface area contributed by atoms with Crippen LogP contribution in [0.1, 0.15) is 43.2 Å². The van der Waals surface area contributed by atoms with Gasteiger partial charge in [-0.3, -0.25) is 9.59 Å². The molecule has 2 heterocycles. The van der Waals surface area contributed by atoms with E-state index < -0.39 is 5.82 Å². The minimum atomic E-state index is -0.444. The Bertz CT molecular complexity index is 957. The number of hydrogen-bond acceptors (Lipinski definition) is 6. The fourth-order valence-electron chi connectivity index (χ4n) is 4.23. The lowest BCUT2D eigenvalue weighted by molar-refractivity contribution is -0.119. The number of nitrogens with two attached hydrogens (primary N) is 1. The Kier molecular flexibility index (Phi) is 5.92. The largest absolute Gasteiger partial charge is 0.370 e. The van der Waals surface area contributed by atoms with Crippen LogP contribution in [0.25, 0.3) is 0 Å². The summed E-state index contributed by atoms with van der Waals surface area (Å²) in [5.41, 5.74) is 8.28. The number of Topliss-reactive ketones (excluding diaryl/α,β-unsaturated/α-hetero) is 1. The average Bonchev–Trinajstić information content (AvgIpc) is 2.74. The molecule has 8 heteroatoms. The molecule has 30 heavy (non-hydrogen) atoms. The lowest BCUT2D eigenvalue weighted by Crippen LogP contribution is -2.35. The van der Waals surface area contributed by atoms with Gasteiger partial charge >= 0.3 is 0 Å². The summed E-state index contributed by atoms with van der Waals surface area (Å²) in [6.07, 6.45) is 5.93. The van der Waals surface area contributed by atoms with E-state index >= 15 is 0 Å². The maximum atomic E-state index is 14.4. The Labute approximate surface area is 174 Å². The molecule has 2 aliphatic rings. The van der Waals surface area contributed by atoms with Crippen LogP contribution in [0.4, 0.5) is 21.8 Å². The van der Waals surface area contributed by atoms with E-state index in [1.807, 2.05) is 23.1 Å². The number of anilines is 3. The molecule has 0 saturated carbocycles. The third kappa shape index (κ3) is 4.75. The number of amides is 1. The monoisotopic (exact) mass is 411 g/mol. The third-order valence-corrected chi connectivity index (χ3v) is 5.96. The molecule has 3 N–H and O–H groups in total. The lowest BCUT2D eigenvalue weighted by atomic mass is 9.90. The zero-order valence-electron chi connectivity index (χ0n) is 16.9. The van der Waals surface area contributed by atoms with Crippen molar-refractivity contribution in [3.05, 3.63) is 41.3 Å². The normalized spacial score (nSPS) is 17.0. The molecule has 1 saturated heterocycles. The van der Waals surface area contributed by atoms with Crippen LogP contribution in [-0.2, 0) is 22.4 Å². The van der Waals surface area contributed by atoms with Crippen molar-refractivity contribution in [1.29, 1.82) is 0 Å². The van der Waals surface area contributed by atoms with Crippen LogP contribution >= 0.6 is 0 Å². The molecular formula is C22H26FN5O2. The first-order chi connectivity index (χ1) is 14.5. The second-order valence-electron chi connectivity index (χ2n) is 8.12. The van der Waals surface area contributed by atoms with Crippen molar-refractivity contribution in [3.63, 3.8) is 0 Å². The molecule has 0 radical (unpaired) electrons. The van der Waals surface area contributed by atoms with Gasteiger partial charge in [-0.2, -0.15) is 4.98 Å². The van der Waals surface area contributed by atoms with Crippen LogP contribution in [-0.4, -0.2) is 34.7 Å². The number of nitrogens with zero attached hydrogens (tertiary/aromatic N) is 3. The topological polar surface area (TPSA) is 101 Å². The van der Waals surface area contributed by atoms with Gasteiger partial charge < -0.3 is 16.0 Å². The second kappa shape index (κ2) is 8.77. The summed E-state index contributed by atoms with van der Waals surface area (Å²) in [6.45, 7) is 1.37. The highest BCUT2D eigenvalue weighted by molar-refractivity contribution is 5.83. The van der Waals surface area contributed by atoms with Crippen LogP contribution in [0.3, 0.4) is 0 Å². The molecule has 0 atom stereocenters. The van der Waals surface area contributed by atoms with Gasteiger partial charge in [-0.25, -0.2) is 9.37 Å². The first-order valence-electron chi connectivity index (χ1n) is 10.4. The van der Waals surface area contributed by atoms with Crippen molar-refractivity contribution in [2.75, 3.05) is 23.3 Å². The van der Waals surface area contributed by atoms with Gasteiger partial charge in [0, 0.05) is 38.0 Å². The number of carbonyl (C=O) groups is 2. The number of rotatable bonds is 6. The van der Waals surface area contributed by atoms with E-state index in [0.717, 1.165) is 42.5 Å². The number of fused-ring (bicyclic) bond motifs is 1. The van der Waals surface area contributed by atoms with E-state index in [4.69, 9.17) is 5.73 Å². The first-order valence-corrected chi connectivity index (χ1v) is 10.4. The molecule has 1 aliphatic heterocycles. The number of benzene rings is 1. The molecule has 1 aromatic carbocycles. The van der Waals surface area contributed by atoms with E-state index in [-0.39, 0.29) is 11.7 Å². The van der Waals surface area contributed by atoms with Crippen LogP contribution < -0.4 is 16.0 Å². The number of halogens is 1. The maximum absolute atomic E-state index is 14.4. The Balaban J connectivity index is 1.43. The highest BCUT2D eigenvalue weighted by atomic mass is 19.1. The van der Waals surface area contributed by atoms with E-state index in [0.29, 0.717) is 50.0 Å². The summed E-state index contributed by atoms with van der Waals surface area (Å²) in [5.74, 6) is 0.620. The van der Waals surface area contributed by atoms with Crippen molar-refractivity contribution in [2.45, 2.75) is 44.9 Å². The van der Waals surface area contributed by atoms with E-state index in [1.54, 1.807) is 0 Å². The van der Waals surface area contributed by atoms with Crippen molar-refractivity contribution < 1.29 is 14.0 Å². The van der Waals surface area contributed by atoms with Crippen molar-refractivity contribution in [1.82, 2.24) is 9.97 Å². The van der Waals surface area contributed by atoms with Crippen LogP contribution in [0.2, 0.25) is 0 Å². The van der Waals surface area contributed by atoms with Crippen molar-refractivity contribution >= 4 is 29.1 Å². The summed E-state index contributed by atoms with van der Waals surface area (Å²) < 4.78 is 14.4.